The molecule has 2 heterocycles. The molecule has 0 bridgehead atoms. The first kappa shape index (κ1) is 22.5. The van der Waals surface area contributed by atoms with Gasteiger partial charge in [-0.3, -0.25) is 9.59 Å². The number of rotatable bonds is 10. The molecule has 0 spiro atoms. The molecule has 0 aromatic heterocycles. The van der Waals surface area contributed by atoms with Gasteiger partial charge in [0.2, 0.25) is 0 Å². The van der Waals surface area contributed by atoms with Gasteiger partial charge in [0.15, 0.2) is 11.6 Å². The van der Waals surface area contributed by atoms with Crippen LogP contribution < -0.4 is 0 Å². The molecule has 0 amide bonds. The standard InChI is InChI=1S/C29H36N2O2/c32-28(7-5-17-30-13-1-2-14-30)22-9-11-26-24(19-22)21-25-20-23(10-12-27(25)26)29(33)8-6-18-31-15-3-4-16-31/h9-12,19-20H,1-8,13-18,21H2. The van der Waals surface area contributed by atoms with E-state index >= 15 is 0 Å². The van der Waals surface area contributed by atoms with Crippen molar-refractivity contribution in [1.29, 1.82) is 0 Å². The van der Waals surface area contributed by atoms with Gasteiger partial charge in [0, 0.05) is 24.0 Å². The van der Waals surface area contributed by atoms with Gasteiger partial charge in [-0.2, -0.15) is 0 Å². The summed E-state index contributed by atoms with van der Waals surface area (Å²) in [6.07, 6.45) is 9.14. The molecule has 174 valence electrons. The number of Topliss-reactive ketones (excluding diaryl/α,β-unsaturated/α-hetero) is 2. The molecule has 2 aromatic rings. The largest absolute Gasteiger partial charge is 0.303 e. The van der Waals surface area contributed by atoms with Crippen LogP contribution in [0.3, 0.4) is 0 Å². The van der Waals surface area contributed by atoms with Crippen LogP contribution in [0.25, 0.3) is 11.1 Å². The Balaban J connectivity index is 1.17. The van der Waals surface area contributed by atoms with Crippen molar-refractivity contribution in [2.45, 2.75) is 57.8 Å². The van der Waals surface area contributed by atoms with Crippen molar-refractivity contribution in [3.8, 4) is 11.1 Å². The number of hydrogen-bond acceptors (Lipinski definition) is 4. The summed E-state index contributed by atoms with van der Waals surface area (Å²) in [5.74, 6) is 0.503. The first-order chi connectivity index (χ1) is 16.2. The van der Waals surface area contributed by atoms with Gasteiger partial charge in [-0.1, -0.05) is 24.3 Å². The van der Waals surface area contributed by atoms with Crippen LogP contribution in [0, 0.1) is 0 Å². The zero-order valence-electron chi connectivity index (χ0n) is 19.8. The smallest absolute Gasteiger partial charge is 0.162 e. The molecule has 3 aliphatic rings. The van der Waals surface area contributed by atoms with Crippen LogP contribution in [0.5, 0.6) is 0 Å². The average Bonchev–Trinajstić information content (AvgIpc) is 3.59. The number of benzene rings is 2. The fourth-order valence-corrected chi connectivity index (χ4v) is 5.79. The molecule has 0 atom stereocenters. The third kappa shape index (κ3) is 5.28. The molecule has 4 nitrogen and oxygen atoms in total. The fourth-order valence-electron chi connectivity index (χ4n) is 5.79. The maximum Gasteiger partial charge on any atom is 0.162 e. The van der Waals surface area contributed by atoms with E-state index in [0.717, 1.165) is 43.5 Å². The molecule has 2 aromatic carbocycles. The van der Waals surface area contributed by atoms with Gasteiger partial charge in [-0.15, -0.1) is 0 Å². The summed E-state index contributed by atoms with van der Waals surface area (Å²) in [5, 5.41) is 0. The molecule has 5 rings (SSSR count). The van der Waals surface area contributed by atoms with Crippen LogP contribution in [0.15, 0.2) is 36.4 Å². The quantitative estimate of drug-likeness (QED) is 0.394. The van der Waals surface area contributed by atoms with E-state index in [-0.39, 0.29) is 11.6 Å². The number of nitrogens with zero attached hydrogens (tertiary/aromatic N) is 2. The van der Waals surface area contributed by atoms with Crippen molar-refractivity contribution in [3.05, 3.63) is 58.7 Å². The van der Waals surface area contributed by atoms with Crippen LogP contribution >= 0.6 is 0 Å². The van der Waals surface area contributed by atoms with Gasteiger partial charge in [-0.25, -0.2) is 0 Å². The molecule has 0 unspecified atom stereocenters. The molecule has 0 radical (unpaired) electrons. The Morgan fingerprint density at radius 2 is 1.06 bits per heavy atom. The van der Waals surface area contributed by atoms with E-state index in [0.29, 0.717) is 12.8 Å². The van der Waals surface area contributed by atoms with Gasteiger partial charge in [0.1, 0.15) is 0 Å². The number of carbonyl (C=O) groups excluding carboxylic acids is 2. The number of likely N-dealkylation sites (tertiary alicyclic amines) is 2. The third-order valence-corrected chi connectivity index (χ3v) is 7.68. The summed E-state index contributed by atoms with van der Waals surface area (Å²) in [6.45, 7) is 6.83. The lowest BCUT2D eigenvalue weighted by Crippen LogP contribution is -2.21. The van der Waals surface area contributed by atoms with E-state index in [2.05, 4.69) is 34.1 Å². The minimum absolute atomic E-state index is 0.252. The van der Waals surface area contributed by atoms with Crippen LogP contribution in [-0.2, 0) is 6.42 Å². The van der Waals surface area contributed by atoms with Crippen molar-refractivity contribution in [1.82, 2.24) is 9.80 Å². The number of hydrogen-bond donors (Lipinski definition) is 0. The second-order valence-electron chi connectivity index (χ2n) is 10.1. The summed E-state index contributed by atoms with van der Waals surface area (Å²) < 4.78 is 0. The molecule has 33 heavy (non-hydrogen) atoms. The Kier molecular flexibility index (Phi) is 7.03. The summed E-state index contributed by atoms with van der Waals surface area (Å²) in [5.41, 5.74) is 6.53. The summed E-state index contributed by atoms with van der Waals surface area (Å²) in [7, 11) is 0. The molecule has 2 fully saturated rings. The zero-order valence-corrected chi connectivity index (χ0v) is 19.8. The predicted molar refractivity (Wildman–Crippen MR) is 133 cm³/mol. The van der Waals surface area contributed by atoms with Crippen molar-refractivity contribution < 1.29 is 9.59 Å². The topological polar surface area (TPSA) is 40.6 Å². The summed E-state index contributed by atoms with van der Waals surface area (Å²) >= 11 is 0. The lowest BCUT2D eigenvalue weighted by atomic mass is 9.98. The molecule has 2 aliphatic heterocycles. The monoisotopic (exact) mass is 444 g/mol. The zero-order chi connectivity index (χ0) is 22.6. The summed E-state index contributed by atoms with van der Waals surface area (Å²) in [6, 6.07) is 12.4. The van der Waals surface area contributed by atoms with Crippen LogP contribution in [-0.4, -0.2) is 60.6 Å². The van der Waals surface area contributed by atoms with Crippen molar-refractivity contribution in [3.63, 3.8) is 0 Å². The van der Waals surface area contributed by atoms with Gasteiger partial charge in [-0.05, 0) is 119 Å². The van der Waals surface area contributed by atoms with Crippen molar-refractivity contribution >= 4 is 11.6 Å². The second-order valence-corrected chi connectivity index (χ2v) is 10.1. The average molecular weight is 445 g/mol. The van der Waals surface area contributed by atoms with E-state index < -0.39 is 0 Å². The van der Waals surface area contributed by atoms with Gasteiger partial charge >= 0.3 is 0 Å². The maximum atomic E-state index is 12.8. The SMILES string of the molecule is O=C(CCCN1CCCC1)c1ccc2c(c1)Cc1cc(C(=O)CCCN3CCCC3)ccc1-2. The lowest BCUT2D eigenvalue weighted by molar-refractivity contribution is 0.0968. The molecule has 0 N–H and O–H groups in total. The van der Waals surface area contributed by atoms with E-state index in [9.17, 15) is 9.59 Å². The van der Waals surface area contributed by atoms with Crippen molar-refractivity contribution in [2.75, 3.05) is 39.3 Å². The number of carbonyl (C=O) groups is 2. The second kappa shape index (κ2) is 10.3. The van der Waals surface area contributed by atoms with E-state index in [1.165, 1.54) is 74.1 Å². The molecular weight excluding hydrogens is 408 g/mol. The highest BCUT2D eigenvalue weighted by molar-refractivity contribution is 5.99. The predicted octanol–water partition coefficient (Wildman–Crippen LogP) is 5.38. The number of ketones is 2. The first-order valence-corrected chi connectivity index (χ1v) is 12.9. The van der Waals surface area contributed by atoms with Crippen LogP contribution in [0.1, 0.15) is 83.2 Å². The lowest BCUT2D eigenvalue weighted by Gasteiger charge is -2.13. The summed E-state index contributed by atoms with van der Waals surface area (Å²) in [4.78, 5) is 30.5. The van der Waals surface area contributed by atoms with E-state index in [1.807, 2.05) is 12.1 Å². The van der Waals surface area contributed by atoms with Crippen LogP contribution in [0.4, 0.5) is 0 Å². The molecular formula is C29H36N2O2. The van der Waals surface area contributed by atoms with E-state index in [4.69, 9.17) is 0 Å². The highest BCUT2D eigenvalue weighted by atomic mass is 16.1. The Hall–Kier alpha value is -2.30. The third-order valence-electron chi connectivity index (χ3n) is 7.68. The van der Waals surface area contributed by atoms with Gasteiger partial charge < -0.3 is 9.80 Å². The highest BCUT2D eigenvalue weighted by Gasteiger charge is 2.22. The molecule has 4 heteroatoms. The van der Waals surface area contributed by atoms with Gasteiger partial charge in [0.05, 0.1) is 0 Å². The fraction of sp³-hybridized carbons (Fsp3) is 0.517. The van der Waals surface area contributed by atoms with Gasteiger partial charge in [0.25, 0.3) is 0 Å². The molecule has 0 saturated carbocycles. The minimum Gasteiger partial charge on any atom is -0.303 e. The molecule has 1 aliphatic carbocycles. The minimum atomic E-state index is 0.252. The van der Waals surface area contributed by atoms with Crippen molar-refractivity contribution in [2.24, 2.45) is 0 Å². The number of fused-ring (bicyclic) bond motifs is 3. The Labute approximate surface area is 198 Å². The Morgan fingerprint density at radius 3 is 1.48 bits per heavy atom. The Bertz CT molecular complexity index is 935. The normalized spacial score (nSPS) is 17.9. The maximum absolute atomic E-state index is 12.8. The Morgan fingerprint density at radius 1 is 0.636 bits per heavy atom. The van der Waals surface area contributed by atoms with E-state index in [1.54, 1.807) is 0 Å². The first-order valence-electron chi connectivity index (χ1n) is 12.9. The highest BCUT2D eigenvalue weighted by Crippen LogP contribution is 2.38. The van der Waals surface area contributed by atoms with Crippen LogP contribution in [0.2, 0.25) is 0 Å². The molecule has 2 saturated heterocycles.